The Morgan fingerprint density at radius 2 is 1.90 bits per heavy atom. The first-order chi connectivity index (χ1) is 14.6. The van der Waals surface area contributed by atoms with E-state index in [1.54, 1.807) is 36.0 Å². The molecule has 1 N–H and O–H groups in total. The summed E-state index contributed by atoms with van der Waals surface area (Å²) >= 11 is 7.63. The highest BCUT2D eigenvalue weighted by Gasteiger charge is 2.24. The van der Waals surface area contributed by atoms with Crippen LogP contribution in [0.15, 0.2) is 59.1 Å². The number of esters is 1. The number of nitrogens with zero attached hydrogens (tertiary/aromatic N) is 2. The van der Waals surface area contributed by atoms with Gasteiger partial charge in [-0.3, -0.25) is 4.79 Å². The number of hydrogen-bond acceptors (Lipinski definition) is 7. The van der Waals surface area contributed by atoms with Crippen LogP contribution in [0.3, 0.4) is 0 Å². The molecular weight excluding hydrogens is 426 g/mol. The number of carbonyl (C=O) groups is 2. The van der Waals surface area contributed by atoms with Crippen molar-refractivity contribution in [3.63, 3.8) is 0 Å². The molecule has 7 nitrogen and oxygen atoms in total. The van der Waals surface area contributed by atoms with Crippen molar-refractivity contribution >= 4 is 35.2 Å². The SMILES string of the molecule is CSCC[C@@H](NC(=O)c1ccccc1Cl)C(=O)OCc1nc(-c2ccccc2)no1. The van der Waals surface area contributed by atoms with Crippen LogP contribution in [0.1, 0.15) is 22.7 Å². The average molecular weight is 446 g/mol. The third-order valence-electron chi connectivity index (χ3n) is 4.16. The van der Waals surface area contributed by atoms with Crippen molar-refractivity contribution in [1.29, 1.82) is 0 Å². The van der Waals surface area contributed by atoms with Crippen molar-refractivity contribution in [2.75, 3.05) is 12.0 Å². The van der Waals surface area contributed by atoms with Crippen LogP contribution in [0.2, 0.25) is 5.02 Å². The molecule has 1 amide bonds. The molecule has 1 heterocycles. The van der Waals surface area contributed by atoms with E-state index in [2.05, 4.69) is 15.5 Å². The van der Waals surface area contributed by atoms with Crippen LogP contribution in [0.25, 0.3) is 11.4 Å². The van der Waals surface area contributed by atoms with E-state index in [0.29, 0.717) is 28.6 Å². The van der Waals surface area contributed by atoms with Crippen LogP contribution < -0.4 is 5.32 Å². The highest BCUT2D eigenvalue weighted by Crippen LogP contribution is 2.17. The summed E-state index contributed by atoms with van der Waals surface area (Å²) < 4.78 is 10.5. The summed E-state index contributed by atoms with van der Waals surface area (Å²) in [5.41, 5.74) is 1.09. The molecule has 0 radical (unpaired) electrons. The van der Waals surface area contributed by atoms with Crippen LogP contribution in [0.4, 0.5) is 0 Å². The summed E-state index contributed by atoms with van der Waals surface area (Å²) in [6, 6.07) is 15.1. The van der Waals surface area contributed by atoms with E-state index in [1.165, 1.54) is 0 Å². The molecule has 1 aromatic heterocycles. The average Bonchev–Trinajstić information content (AvgIpc) is 3.25. The minimum atomic E-state index is -0.822. The second-order valence-electron chi connectivity index (χ2n) is 6.27. The highest BCUT2D eigenvalue weighted by molar-refractivity contribution is 7.98. The Labute approximate surface area is 183 Å². The standard InChI is InChI=1S/C21H20ClN3O4S/c1-30-12-11-17(23-20(26)15-9-5-6-10-16(15)22)21(27)28-13-18-24-19(25-29-18)14-7-3-2-4-8-14/h2-10,17H,11-13H2,1H3,(H,23,26)/t17-/m1/s1. The van der Waals surface area contributed by atoms with Crippen LogP contribution >= 0.6 is 23.4 Å². The number of carbonyl (C=O) groups excluding carboxylic acids is 2. The molecule has 30 heavy (non-hydrogen) atoms. The molecule has 0 fully saturated rings. The largest absolute Gasteiger partial charge is 0.454 e. The normalized spacial score (nSPS) is 11.7. The first kappa shape index (κ1) is 21.9. The lowest BCUT2D eigenvalue weighted by atomic mass is 10.1. The third kappa shape index (κ3) is 5.84. The summed E-state index contributed by atoms with van der Waals surface area (Å²) in [5, 5.41) is 6.90. The van der Waals surface area contributed by atoms with E-state index >= 15 is 0 Å². The zero-order chi connectivity index (χ0) is 21.3. The lowest BCUT2D eigenvalue weighted by molar-refractivity contribution is -0.148. The van der Waals surface area contributed by atoms with E-state index < -0.39 is 17.9 Å². The van der Waals surface area contributed by atoms with E-state index in [-0.39, 0.29) is 12.5 Å². The molecule has 0 aliphatic rings. The van der Waals surface area contributed by atoms with Crippen molar-refractivity contribution in [2.24, 2.45) is 0 Å². The van der Waals surface area contributed by atoms with E-state index in [0.717, 1.165) is 5.56 Å². The van der Waals surface area contributed by atoms with E-state index in [1.807, 2.05) is 36.6 Å². The monoisotopic (exact) mass is 445 g/mol. The summed E-state index contributed by atoms with van der Waals surface area (Å²) in [5.74, 6) is 0.231. The van der Waals surface area contributed by atoms with Gasteiger partial charge in [-0.25, -0.2) is 4.79 Å². The smallest absolute Gasteiger partial charge is 0.329 e. The number of nitrogens with one attached hydrogen (secondary N) is 1. The predicted molar refractivity (Wildman–Crippen MR) is 115 cm³/mol. The molecule has 0 saturated heterocycles. The van der Waals surface area contributed by atoms with Gasteiger partial charge in [-0.05, 0) is 30.6 Å². The van der Waals surface area contributed by atoms with Crippen LogP contribution in [-0.2, 0) is 16.1 Å². The van der Waals surface area contributed by atoms with Gasteiger partial charge in [0.2, 0.25) is 5.82 Å². The third-order valence-corrected chi connectivity index (χ3v) is 5.13. The molecule has 2 aromatic carbocycles. The van der Waals surface area contributed by atoms with Crippen LogP contribution in [0.5, 0.6) is 0 Å². The lowest BCUT2D eigenvalue weighted by Crippen LogP contribution is -2.42. The van der Waals surface area contributed by atoms with Gasteiger partial charge >= 0.3 is 5.97 Å². The Morgan fingerprint density at radius 3 is 2.63 bits per heavy atom. The molecule has 0 saturated carbocycles. The van der Waals surface area contributed by atoms with Gasteiger partial charge in [-0.1, -0.05) is 59.2 Å². The van der Waals surface area contributed by atoms with Crippen molar-refractivity contribution in [2.45, 2.75) is 19.1 Å². The van der Waals surface area contributed by atoms with Gasteiger partial charge in [0.25, 0.3) is 11.8 Å². The number of ether oxygens (including phenoxy) is 1. The molecule has 0 spiro atoms. The Kier molecular flexibility index (Phi) is 7.87. The minimum absolute atomic E-state index is 0.170. The fourth-order valence-corrected chi connectivity index (χ4v) is 3.31. The van der Waals surface area contributed by atoms with Crippen LogP contribution in [0, 0.1) is 0 Å². The molecule has 3 aromatic rings. The Balaban J connectivity index is 1.62. The number of aromatic nitrogens is 2. The zero-order valence-electron chi connectivity index (χ0n) is 16.2. The molecule has 9 heteroatoms. The Hall–Kier alpha value is -2.84. The quantitative estimate of drug-likeness (QED) is 0.497. The fraction of sp³-hybridized carbons (Fsp3) is 0.238. The van der Waals surface area contributed by atoms with Gasteiger partial charge < -0.3 is 14.6 Å². The molecule has 3 rings (SSSR count). The van der Waals surface area contributed by atoms with Crippen LogP contribution in [-0.4, -0.2) is 40.1 Å². The van der Waals surface area contributed by atoms with Crippen molar-refractivity contribution in [3.8, 4) is 11.4 Å². The van der Waals surface area contributed by atoms with Gasteiger partial charge in [0, 0.05) is 5.56 Å². The summed E-state index contributed by atoms with van der Waals surface area (Å²) in [4.78, 5) is 29.3. The molecule has 0 aliphatic carbocycles. The number of hydrogen-bond donors (Lipinski definition) is 1. The fourth-order valence-electron chi connectivity index (χ4n) is 2.62. The number of benzene rings is 2. The molecular formula is C21H20ClN3O4S. The van der Waals surface area contributed by atoms with Crippen molar-refractivity contribution in [3.05, 3.63) is 71.1 Å². The van der Waals surface area contributed by atoms with Gasteiger partial charge in [-0.15, -0.1) is 0 Å². The first-order valence-electron chi connectivity index (χ1n) is 9.17. The molecule has 0 unspecified atom stereocenters. The van der Waals surface area contributed by atoms with Crippen molar-refractivity contribution < 1.29 is 18.8 Å². The number of rotatable bonds is 9. The zero-order valence-corrected chi connectivity index (χ0v) is 17.8. The molecule has 1 atom stereocenters. The summed E-state index contributed by atoms with van der Waals surface area (Å²) in [7, 11) is 0. The molecule has 0 bridgehead atoms. The maximum absolute atomic E-state index is 12.6. The van der Waals surface area contributed by atoms with Gasteiger partial charge in [0.1, 0.15) is 6.04 Å². The lowest BCUT2D eigenvalue weighted by Gasteiger charge is -2.17. The number of halogens is 1. The molecule has 156 valence electrons. The highest BCUT2D eigenvalue weighted by atomic mass is 35.5. The van der Waals surface area contributed by atoms with Crippen molar-refractivity contribution in [1.82, 2.24) is 15.5 Å². The predicted octanol–water partition coefficient (Wildman–Crippen LogP) is 3.98. The van der Waals surface area contributed by atoms with E-state index in [9.17, 15) is 9.59 Å². The molecule has 0 aliphatic heterocycles. The van der Waals surface area contributed by atoms with Gasteiger partial charge in [0.05, 0.1) is 10.6 Å². The summed E-state index contributed by atoms with van der Waals surface area (Å²) in [6.45, 7) is -0.184. The van der Waals surface area contributed by atoms with E-state index in [4.69, 9.17) is 20.9 Å². The van der Waals surface area contributed by atoms with Gasteiger partial charge in [-0.2, -0.15) is 16.7 Å². The summed E-state index contributed by atoms with van der Waals surface area (Å²) in [6.07, 6.45) is 2.33. The minimum Gasteiger partial charge on any atom is -0.454 e. The number of thioether (sulfide) groups is 1. The Morgan fingerprint density at radius 1 is 1.17 bits per heavy atom. The second-order valence-corrected chi connectivity index (χ2v) is 7.67. The maximum Gasteiger partial charge on any atom is 0.329 e. The maximum atomic E-state index is 12.6. The number of amides is 1. The topological polar surface area (TPSA) is 94.3 Å². The van der Waals surface area contributed by atoms with Gasteiger partial charge in [0.15, 0.2) is 6.61 Å². The Bertz CT molecular complexity index is 997. The second kappa shape index (κ2) is 10.8. The first-order valence-corrected chi connectivity index (χ1v) is 10.9.